The van der Waals surface area contributed by atoms with E-state index in [-0.39, 0.29) is 17.8 Å². The molecule has 1 amide bonds. The Kier molecular flexibility index (Phi) is 8.56. The van der Waals surface area contributed by atoms with Crippen LogP contribution < -0.4 is 24.3 Å². The predicted octanol–water partition coefficient (Wildman–Crippen LogP) is 6.51. The van der Waals surface area contributed by atoms with Gasteiger partial charge in [0.15, 0.2) is 11.5 Å². The summed E-state index contributed by atoms with van der Waals surface area (Å²) in [4.78, 5) is 22.5. The quantitative estimate of drug-likeness (QED) is 0.219. The number of nitrogens with one attached hydrogen (secondary N) is 1. The number of rotatable bonds is 9. The fourth-order valence-electron chi connectivity index (χ4n) is 4.90. The van der Waals surface area contributed by atoms with Gasteiger partial charge in [0.25, 0.3) is 0 Å². The predicted molar refractivity (Wildman–Crippen MR) is 155 cm³/mol. The van der Waals surface area contributed by atoms with E-state index in [0.717, 1.165) is 0 Å². The molecule has 12 heteroatoms. The largest absolute Gasteiger partial charge is 0.573 e. The highest BCUT2D eigenvalue weighted by Crippen LogP contribution is 2.39. The summed E-state index contributed by atoms with van der Waals surface area (Å²) in [6.07, 6.45) is -0.911. The van der Waals surface area contributed by atoms with Gasteiger partial charge in [0.1, 0.15) is 29.7 Å². The molecule has 1 fully saturated rings. The minimum Gasteiger partial charge on any atom is -0.495 e. The molecule has 0 bridgehead atoms. The number of ether oxygens (including phenoxy) is 4. The Bertz CT molecular complexity index is 1640. The first-order valence-electron chi connectivity index (χ1n) is 13.4. The molecule has 1 N–H and O–H groups in total. The number of methoxy groups -OCH3 is 2. The van der Waals surface area contributed by atoms with Gasteiger partial charge in [-0.25, -0.2) is 9.97 Å². The molecule has 0 unspecified atom stereocenters. The van der Waals surface area contributed by atoms with Crippen molar-refractivity contribution in [3.05, 3.63) is 73.6 Å². The molecule has 2 heterocycles. The number of likely N-dealkylation sites (tertiary alicyclic amines) is 1. The smallest absolute Gasteiger partial charge is 0.495 e. The molecule has 9 nitrogen and oxygen atoms in total. The fraction of sp³-hybridized carbons (Fsp3) is 0.258. The Morgan fingerprint density at radius 2 is 1.72 bits per heavy atom. The molecule has 3 aromatic carbocycles. The summed E-state index contributed by atoms with van der Waals surface area (Å²) in [5.74, 6) is 1.52. The Hall–Kier alpha value is -5.00. The monoisotopic (exact) mass is 594 g/mol. The van der Waals surface area contributed by atoms with Crippen LogP contribution in [0.15, 0.2) is 73.6 Å². The lowest BCUT2D eigenvalue weighted by Gasteiger charge is -2.31. The van der Waals surface area contributed by atoms with Gasteiger partial charge in [-0.05, 0) is 47.5 Å². The van der Waals surface area contributed by atoms with E-state index in [1.165, 1.54) is 37.7 Å². The minimum absolute atomic E-state index is 0.101. The summed E-state index contributed by atoms with van der Waals surface area (Å²) >= 11 is 0. The maximum absolute atomic E-state index is 12.8. The maximum Gasteiger partial charge on any atom is 0.573 e. The van der Waals surface area contributed by atoms with Crippen LogP contribution in [0.2, 0.25) is 0 Å². The third-order valence-corrected chi connectivity index (χ3v) is 7.00. The normalized spacial score (nSPS) is 13.8. The van der Waals surface area contributed by atoms with Gasteiger partial charge >= 0.3 is 6.36 Å². The van der Waals surface area contributed by atoms with Crippen LogP contribution in [0.25, 0.3) is 22.0 Å². The van der Waals surface area contributed by atoms with Crippen LogP contribution in [-0.2, 0) is 4.79 Å². The highest BCUT2D eigenvalue weighted by molar-refractivity contribution is 5.94. The van der Waals surface area contributed by atoms with E-state index in [2.05, 4.69) is 26.6 Å². The SMILES string of the molecule is C=CC(=O)N1CCC(Oc2cc3c(Nc4cc(-c5cccc(OC(F)(F)F)c5)ccc4OC)ncnc3cc2OC)CC1. The van der Waals surface area contributed by atoms with E-state index in [4.69, 9.17) is 14.2 Å². The van der Waals surface area contributed by atoms with Crippen molar-refractivity contribution in [2.75, 3.05) is 32.6 Å². The van der Waals surface area contributed by atoms with Crippen LogP contribution in [0, 0.1) is 0 Å². The van der Waals surface area contributed by atoms with Crippen LogP contribution in [0.4, 0.5) is 24.7 Å². The molecule has 0 spiro atoms. The molecule has 0 aliphatic carbocycles. The molecule has 0 radical (unpaired) electrons. The second kappa shape index (κ2) is 12.5. The summed E-state index contributed by atoms with van der Waals surface area (Å²) < 4.78 is 59.9. The summed E-state index contributed by atoms with van der Waals surface area (Å²) in [6, 6.07) is 14.5. The molecule has 1 aliphatic rings. The number of carbonyl (C=O) groups excluding carboxylic acids is 1. The van der Waals surface area contributed by atoms with Crippen molar-refractivity contribution in [1.29, 1.82) is 0 Å². The number of carbonyl (C=O) groups is 1. The number of amides is 1. The first-order chi connectivity index (χ1) is 20.7. The van der Waals surface area contributed by atoms with Crippen LogP contribution in [0.3, 0.4) is 0 Å². The summed E-state index contributed by atoms with van der Waals surface area (Å²) in [5, 5.41) is 3.93. The number of alkyl halides is 3. The highest BCUT2D eigenvalue weighted by atomic mass is 19.4. The van der Waals surface area contributed by atoms with Gasteiger partial charge in [-0.15, -0.1) is 13.2 Å². The zero-order valence-electron chi connectivity index (χ0n) is 23.5. The second-order valence-corrected chi connectivity index (χ2v) is 9.70. The van der Waals surface area contributed by atoms with Crippen molar-refractivity contribution < 1.29 is 36.9 Å². The van der Waals surface area contributed by atoms with Gasteiger partial charge in [0, 0.05) is 37.4 Å². The molecule has 43 heavy (non-hydrogen) atoms. The first-order valence-corrected chi connectivity index (χ1v) is 13.4. The van der Waals surface area contributed by atoms with E-state index in [9.17, 15) is 18.0 Å². The summed E-state index contributed by atoms with van der Waals surface area (Å²) in [6.45, 7) is 4.67. The highest BCUT2D eigenvalue weighted by Gasteiger charge is 2.31. The number of nitrogens with zero attached hydrogens (tertiary/aromatic N) is 3. The lowest BCUT2D eigenvalue weighted by Crippen LogP contribution is -2.41. The van der Waals surface area contributed by atoms with E-state index >= 15 is 0 Å². The third kappa shape index (κ3) is 6.91. The molecule has 1 saturated heterocycles. The van der Waals surface area contributed by atoms with Gasteiger partial charge in [-0.1, -0.05) is 24.8 Å². The molecule has 0 atom stereocenters. The molecule has 1 aromatic heterocycles. The molecule has 5 rings (SSSR count). The number of fused-ring (bicyclic) bond motifs is 1. The van der Waals surface area contributed by atoms with Gasteiger partial charge in [0.05, 0.1) is 25.4 Å². The zero-order valence-corrected chi connectivity index (χ0v) is 23.5. The number of halogens is 3. The van der Waals surface area contributed by atoms with Crippen molar-refractivity contribution in [2.45, 2.75) is 25.3 Å². The van der Waals surface area contributed by atoms with Crippen LogP contribution in [0.5, 0.6) is 23.0 Å². The van der Waals surface area contributed by atoms with Gasteiger partial charge in [-0.3, -0.25) is 4.79 Å². The standard InChI is InChI=1S/C31H29F3N4O5/c1-4-29(39)38-12-10-21(11-13-38)42-28-16-23-24(17-27(28)41-3)35-18-36-30(23)37-25-15-20(8-9-26(25)40-2)19-6-5-7-22(14-19)43-31(32,33)34/h4-9,14-18,21H,1,10-13H2,2-3H3,(H,35,36,37). The molecule has 4 aromatic rings. The number of benzene rings is 3. The van der Waals surface area contributed by atoms with Crippen LogP contribution in [-0.4, -0.2) is 60.6 Å². The van der Waals surface area contributed by atoms with E-state index in [1.54, 1.807) is 48.4 Å². The number of aromatic nitrogens is 2. The van der Waals surface area contributed by atoms with Crippen molar-refractivity contribution in [3.8, 4) is 34.1 Å². The summed E-state index contributed by atoms with van der Waals surface area (Å²) in [5.41, 5.74) is 2.27. The molecule has 0 saturated carbocycles. The second-order valence-electron chi connectivity index (χ2n) is 9.70. The fourth-order valence-corrected chi connectivity index (χ4v) is 4.90. The molecular weight excluding hydrogens is 565 g/mol. The Balaban J connectivity index is 1.44. The zero-order chi connectivity index (χ0) is 30.6. The van der Waals surface area contributed by atoms with Gasteiger partial charge in [0.2, 0.25) is 5.91 Å². The van der Waals surface area contributed by atoms with Crippen molar-refractivity contribution in [1.82, 2.24) is 14.9 Å². The average Bonchev–Trinajstić information content (AvgIpc) is 3.00. The van der Waals surface area contributed by atoms with Gasteiger partial charge < -0.3 is 29.2 Å². The van der Waals surface area contributed by atoms with E-state index < -0.39 is 6.36 Å². The molecule has 1 aliphatic heterocycles. The van der Waals surface area contributed by atoms with Crippen molar-refractivity contribution >= 4 is 28.3 Å². The number of hydrogen-bond acceptors (Lipinski definition) is 8. The van der Waals surface area contributed by atoms with Crippen molar-refractivity contribution in [3.63, 3.8) is 0 Å². The Morgan fingerprint density at radius 3 is 2.42 bits per heavy atom. The topological polar surface area (TPSA) is 95.0 Å². The Morgan fingerprint density at radius 1 is 0.977 bits per heavy atom. The van der Waals surface area contributed by atoms with E-state index in [1.807, 2.05) is 0 Å². The van der Waals surface area contributed by atoms with Crippen LogP contribution in [0.1, 0.15) is 12.8 Å². The lowest BCUT2D eigenvalue weighted by atomic mass is 10.0. The van der Waals surface area contributed by atoms with Crippen molar-refractivity contribution in [2.24, 2.45) is 0 Å². The third-order valence-electron chi connectivity index (χ3n) is 7.00. The number of piperidine rings is 1. The maximum atomic E-state index is 12.8. The lowest BCUT2D eigenvalue weighted by molar-refractivity contribution is -0.274. The van der Waals surface area contributed by atoms with Gasteiger partial charge in [-0.2, -0.15) is 0 Å². The van der Waals surface area contributed by atoms with Crippen LogP contribution >= 0.6 is 0 Å². The number of anilines is 2. The number of hydrogen-bond donors (Lipinski definition) is 1. The first kappa shape index (κ1) is 29.5. The van der Waals surface area contributed by atoms with E-state index in [0.29, 0.717) is 76.7 Å². The minimum atomic E-state index is -4.80. The average molecular weight is 595 g/mol. The Labute approximate surface area is 245 Å². The molecule has 224 valence electrons. The molecular formula is C31H29F3N4O5. The summed E-state index contributed by atoms with van der Waals surface area (Å²) in [7, 11) is 3.06.